The molecule has 0 bridgehead atoms. The Morgan fingerprint density at radius 1 is 1.10 bits per heavy atom. The second-order valence-corrected chi connectivity index (χ2v) is 14.8. The van der Waals surface area contributed by atoms with Gasteiger partial charge in [-0.15, -0.1) is 0 Å². The first-order valence-corrected chi connectivity index (χ1v) is 15.8. The molecule has 1 aliphatic heterocycles. The van der Waals surface area contributed by atoms with E-state index in [2.05, 4.69) is 4.72 Å². The number of amides is 1. The Labute approximate surface area is 248 Å². The van der Waals surface area contributed by atoms with Gasteiger partial charge in [-0.05, 0) is 73.4 Å². The number of benzene rings is 2. The number of piperidine rings is 1. The van der Waals surface area contributed by atoms with E-state index < -0.39 is 62.9 Å². The van der Waals surface area contributed by atoms with Gasteiger partial charge in [0.25, 0.3) is 6.43 Å². The van der Waals surface area contributed by atoms with E-state index in [9.17, 15) is 31.9 Å². The number of alkyl halides is 2. The van der Waals surface area contributed by atoms with Crippen LogP contribution in [0.3, 0.4) is 0 Å². The van der Waals surface area contributed by atoms with Crippen molar-refractivity contribution in [3.63, 3.8) is 0 Å². The lowest BCUT2D eigenvalue weighted by atomic mass is 9.67. The van der Waals surface area contributed by atoms with E-state index in [1.54, 1.807) is 54.3 Å². The molecule has 0 aromatic heterocycles. The Morgan fingerprint density at radius 2 is 1.76 bits per heavy atom. The third kappa shape index (κ3) is 5.85. The Bertz CT molecular complexity index is 1430. The zero-order chi connectivity index (χ0) is 29.7. The first-order chi connectivity index (χ1) is 19.3. The van der Waals surface area contributed by atoms with Crippen molar-refractivity contribution in [3.05, 3.63) is 69.7 Å². The molecule has 2 saturated carbocycles. The fraction of sp³-hybridized carbons (Fsp3) is 0.517. The molecule has 0 spiro atoms. The van der Waals surface area contributed by atoms with E-state index >= 15 is 0 Å². The normalized spacial score (nSPS) is 26.7. The highest BCUT2D eigenvalue weighted by molar-refractivity contribution is 7.91. The van der Waals surface area contributed by atoms with Gasteiger partial charge >= 0.3 is 5.97 Å². The number of nitrogens with zero attached hydrogens (tertiary/aromatic N) is 1. The average molecular weight is 630 g/mol. The maximum absolute atomic E-state index is 14.4. The van der Waals surface area contributed by atoms with Crippen LogP contribution in [0, 0.1) is 11.3 Å². The number of hydrogen-bond acceptors (Lipinski definition) is 4. The molecule has 1 saturated heterocycles. The number of likely N-dealkylation sites (tertiary alicyclic amines) is 1. The van der Waals surface area contributed by atoms with Crippen molar-refractivity contribution in [2.75, 3.05) is 6.54 Å². The van der Waals surface area contributed by atoms with Crippen LogP contribution in [0.25, 0.3) is 0 Å². The van der Waals surface area contributed by atoms with Gasteiger partial charge in [0, 0.05) is 28.5 Å². The van der Waals surface area contributed by atoms with Crippen LogP contribution in [0.1, 0.15) is 68.5 Å². The van der Waals surface area contributed by atoms with Crippen molar-refractivity contribution in [1.82, 2.24) is 9.62 Å². The predicted octanol–water partition coefficient (Wildman–Crippen LogP) is 6.03. The average Bonchev–Trinajstić information content (AvgIpc) is 3.80. The summed E-state index contributed by atoms with van der Waals surface area (Å²) in [6, 6.07) is 12.9. The van der Waals surface area contributed by atoms with Gasteiger partial charge in [0.15, 0.2) is 0 Å². The maximum atomic E-state index is 14.4. The summed E-state index contributed by atoms with van der Waals surface area (Å²) in [4.78, 5) is 28.0. The molecular formula is C29H32Cl2F2N2O5S. The maximum Gasteiger partial charge on any atom is 0.304 e. The molecule has 2 aliphatic carbocycles. The molecule has 41 heavy (non-hydrogen) atoms. The highest BCUT2D eigenvalue weighted by Gasteiger charge is 2.62. The molecule has 7 nitrogen and oxygen atoms in total. The number of carboxylic acids is 1. The van der Waals surface area contributed by atoms with Crippen LogP contribution in [-0.4, -0.2) is 54.1 Å². The van der Waals surface area contributed by atoms with E-state index in [4.69, 9.17) is 23.2 Å². The molecule has 3 fully saturated rings. The van der Waals surface area contributed by atoms with Crippen molar-refractivity contribution in [1.29, 1.82) is 0 Å². The van der Waals surface area contributed by atoms with Crippen LogP contribution < -0.4 is 4.72 Å². The summed E-state index contributed by atoms with van der Waals surface area (Å²) in [6.45, 7) is 1.37. The van der Waals surface area contributed by atoms with Crippen LogP contribution in [0.2, 0.25) is 10.0 Å². The van der Waals surface area contributed by atoms with Crippen LogP contribution in [0.5, 0.6) is 0 Å². The highest BCUT2D eigenvalue weighted by atomic mass is 35.5. The first-order valence-electron chi connectivity index (χ1n) is 13.6. The van der Waals surface area contributed by atoms with Crippen molar-refractivity contribution in [2.45, 2.75) is 74.6 Å². The van der Waals surface area contributed by atoms with Gasteiger partial charge in [-0.1, -0.05) is 54.4 Å². The lowest BCUT2D eigenvalue weighted by molar-refractivity contribution is -0.161. The Kier molecular flexibility index (Phi) is 8.17. The number of nitrogens with one attached hydrogen (secondary N) is 1. The fourth-order valence-electron chi connectivity index (χ4n) is 6.28. The van der Waals surface area contributed by atoms with E-state index in [1.165, 1.54) is 0 Å². The highest BCUT2D eigenvalue weighted by Crippen LogP contribution is 2.54. The Morgan fingerprint density at radius 3 is 2.29 bits per heavy atom. The van der Waals surface area contributed by atoms with Gasteiger partial charge in [0.1, 0.15) is 4.75 Å². The van der Waals surface area contributed by atoms with E-state index in [-0.39, 0.29) is 31.7 Å². The number of halogens is 4. The van der Waals surface area contributed by atoms with Gasteiger partial charge in [0.05, 0.1) is 17.9 Å². The van der Waals surface area contributed by atoms with Crippen LogP contribution in [0.15, 0.2) is 48.5 Å². The molecule has 12 heteroatoms. The summed E-state index contributed by atoms with van der Waals surface area (Å²) < 4.78 is 53.9. The standard InChI is InChI=1S/C29H32Cl2F2N2O5S/c1-28(15-24(36)37)14-22(19-3-2-4-21(31)13-19)25(18-7-9-20(30)10-8-18)35(27(28)38)23(17-5-6-17)16-34-41(39,40)29(11-12-29)26(32)33/h2-4,7-10,13,17,22-23,25-26,34H,5-6,11-12,14-16H2,1H3,(H,36,37)/t22-,23-,25-,28-/m1/s1. The van der Waals surface area contributed by atoms with Crippen molar-refractivity contribution in [3.8, 4) is 0 Å². The molecule has 1 heterocycles. The lowest BCUT2D eigenvalue weighted by Crippen LogP contribution is -2.59. The molecule has 2 N–H and O–H groups in total. The minimum Gasteiger partial charge on any atom is -0.481 e. The number of carboxylic acid groups (broad SMARTS) is 1. The molecule has 222 valence electrons. The lowest BCUT2D eigenvalue weighted by Gasteiger charge is -2.52. The SMILES string of the molecule is C[C@]1(CC(=O)O)C[C@H](c2cccc(Cl)c2)[C@@H](c2ccc(Cl)cc2)N([C@H](CNS(=O)(=O)C2(C(F)F)CC2)C2CC2)C1=O. The summed E-state index contributed by atoms with van der Waals surface area (Å²) in [5.74, 6) is -2.02. The first kappa shape index (κ1) is 30.2. The third-order valence-corrected chi connectivity index (χ3v) is 11.5. The molecule has 0 unspecified atom stereocenters. The largest absolute Gasteiger partial charge is 0.481 e. The summed E-state index contributed by atoms with van der Waals surface area (Å²) >= 11 is 12.6. The zero-order valence-corrected chi connectivity index (χ0v) is 24.7. The predicted molar refractivity (Wildman–Crippen MR) is 152 cm³/mol. The number of carbonyl (C=O) groups excluding carboxylic acids is 1. The van der Waals surface area contributed by atoms with Crippen LogP contribution in [-0.2, 0) is 19.6 Å². The number of sulfonamides is 1. The van der Waals surface area contributed by atoms with Crippen molar-refractivity contribution < 1.29 is 31.9 Å². The minimum absolute atomic E-state index is 0.0784. The van der Waals surface area contributed by atoms with Gasteiger partial charge in [-0.2, -0.15) is 0 Å². The molecule has 5 rings (SSSR count). The molecule has 3 aliphatic rings. The van der Waals surface area contributed by atoms with Gasteiger partial charge in [-0.3, -0.25) is 9.59 Å². The zero-order valence-electron chi connectivity index (χ0n) is 22.4. The summed E-state index contributed by atoms with van der Waals surface area (Å²) in [6.07, 6.45) is -2.05. The monoisotopic (exact) mass is 628 g/mol. The van der Waals surface area contributed by atoms with E-state index in [0.29, 0.717) is 10.0 Å². The topological polar surface area (TPSA) is 104 Å². The van der Waals surface area contributed by atoms with Crippen LogP contribution >= 0.6 is 23.2 Å². The molecule has 2 aromatic carbocycles. The smallest absolute Gasteiger partial charge is 0.304 e. The summed E-state index contributed by atoms with van der Waals surface area (Å²) in [5.41, 5.74) is 0.232. The Hall–Kier alpha value is -2.27. The summed E-state index contributed by atoms with van der Waals surface area (Å²) in [7, 11) is -4.38. The second-order valence-electron chi connectivity index (χ2n) is 11.8. The molecule has 0 radical (unpaired) electrons. The molecular weight excluding hydrogens is 597 g/mol. The van der Waals surface area contributed by atoms with Crippen molar-refractivity contribution in [2.24, 2.45) is 11.3 Å². The molecule has 2 aromatic rings. The second kappa shape index (κ2) is 11.1. The minimum atomic E-state index is -4.38. The Balaban J connectivity index is 1.61. The quantitative estimate of drug-likeness (QED) is 0.316. The molecule has 1 amide bonds. The van der Waals surface area contributed by atoms with Gasteiger partial charge < -0.3 is 10.0 Å². The van der Waals surface area contributed by atoms with Crippen molar-refractivity contribution >= 4 is 45.1 Å². The van der Waals surface area contributed by atoms with E-state index in [1.807, 2.05) is 6.07 Å². The molecule has 4 atom stereocenters. The third-order valence-electron chi connectivity index (χ3n) is 8.81. The van der Waals surface area contributed by atoms with Gasteiger partial charge in [-0.25, -0.2) is 21.9 Å². The number of rotatable bonds is 11. The number of carbonyl (C=O) groups is 2. The summed E-state index contributed by atoms with van der Waals surface area (Å²) in [5, 5.41) is 10.8. The fourth-order valence-corrected chi connectivity index (χ4v) is 8.16. The number of hydrogen-bond donors (Lipinski definition) is 2. The number of aliphatic carboxylic acids is 1. The van der Waals surface area contributed by atoms with E-state index in [0.717, 1.165) is 24.0 Å². The van der Waals surface area contributed by atoms with Gasteiger partial charge in [0.2, 0.25) is 15.9 Å². The van der Waals surface area contributed by atoms with Crippen LogP contribution in [0.4, 0.5) is 8.78 Å².